The van der Waals surface area contributed by atoms with Crippen LogP contribution in [0.25, 0.3) is 4.13 Å². The largest absolute Gasteiger partial charge is 0.480 e. The topological polar surface area (TPSA) is 129 Å². The molecule has 0 spiro atoms. The minimum absolute atomic E-state index is 0.0465. The Morgan fingerprint density at radius 1 is 1.00 bits per heavy atom. The van der Waals surface area contributed by atoms with E-state index in [4.69, 9.17) is 4.74 Å². The first-order valence-electron chi connectivity index (χ1n) is 8.43. The van der Waals surface area contributed by atoms with E-state index in [2.05, 4.69) is 27.4 Å². The molecule has 0 aromatic rings. The molecule has 0 aromatic heterocycles. The molecule has 1 N–H and O–H groups in total. The molecule has 9 nitrogen and oxygen atoms in total. The van der Waals surface area contributed by atoms with E-state index in [9.17, 15) is 53.1 Å². The number of ether oxygens (including phenoxy) is 1. The van der Waals surface area contributed by atoms with E-state index < -0.39 is 43.1 Å². The van der Waals surface area contributed by atoms with Gasteiger partial charge in [-0.2, -0.15) is 26.3 Å². The summed E-state index contributed by atoms with van der Waals surface area (Å²) in [5.41, 5.74) is -12.4. The standard InChI is InChI=1S/C12H24NO3.C2F6NO4S2/c1-5-12(15)16-10-11(14)9-13(6-2,7-3)8-4;3-1(4,5)14(10,11)9-15(12,13)2(6,7)8/h5,11,14H,1,6-10H2,2-4H3;/q+1;-1. The number of halogens is 6. The molecular formula is C14H24F6N2O7S2. The highest BCUT2D eigenvalue weighted by atomic mass is 32.3. The maximum atomic E-state index is 11.4. The van der Waals surface area contributed by atoms with Gasteiger partial charge in [0, 0.05) is 6.08 Å². The normalized spacial score (nSPS) is 14.3. The number of sulfonamides is 2. The Morgan fingerprint density at radius 3 is 1.61 bits per heavy atom. The van der Waals surface area contributed by atoms with Crippen LogP contribution in [0.4, 0.5) is 26.3 Å². The number of nitrogens with zero attached hydrogens (tertiary/aromatic N) is 2. The average molecular weight is 510 g/mol. The number of aliphatic hydroxyl groups excluding tert-OH is 1. The van der Waals surface area contributed by atoms with Gasteiger partial charge in [-0.15, -0.1) is 0 Å². The third-order valence-electron chi connectivity index (χ3n) is 3.98. The number of hydrogen-bond donors (Lipinski definition) is 1. The van der Waals surface area contributed by atoms with Crippen LogP contribution in [-0.2, 0) is 29.6 Å². The zero-order chi connectivity index (χ0) is 25.3. The maximum absolute atomic E-state index is 11.4. The zero-order valence-electron chi connectivity index (χ0n) is 16.8. The minimum atomic E-state index is -6.72. The maximum Gasteiger partial charge on any atom is 0.480 e. The first-order valence-corrected chi connectivity index (χ1v) is 11.3. The van der Waals surface area contributed by atoms with E-state index in [-0.39, 0.29) is 6.61 Å². The van der Waals surface area contributed by atoms with Gasteiger partial charge in [0.1, 0.15) is 19.3 Å². The van der Waals surface area contributed by atoms with E-state index in [0.29, 0.717) is 6.54 Å². The van der Waals surface area contributed by atoms with E-state index >= 15 is 0 Å². The summed E-state index contributed by atoms with van der Waals surface area (Å²) in [5.74, 6) is -0.485. The van der Waals surface area contributed by atoms with Crippen molar-refractivity contribution in [3.8, 4) is 0 Å². The molecule has 0 saturated heterocycles. The lowest BCUT2D eigenvalue weighted by atomic mass is 10.2. The lowest BCUT2D eigenvalue weighted by molar-refractivity contribution is -0.926. The predicted octanol–water partition coefficient (Wildman–Crippen LogP) is 2.01. The van der Waals surface area contributed by atoms with Crippen LogP contribution in [0.15, 0.2) is 12.7 Å². The summed E-state index contributed by atoms with van der Waals surface area (Å²) in [6, 6.07) is 0. The average Bonchev–Trinajstić information content (AvgIpc) is 2.62. The molecule has 0 aliphatic rings. The molecule has 1 unspecified atom stereocenters. The SMILES string of the molecule is C=CC(=O)OCC(O)C[N+](CC)(CC)CC.O=S(=O)([N-]S(=O)(=O)C(F)(F)F)C(F)(F)F. The molecule has 0 radical (unpaired) electrons. The first kappa shape index (κ1) is 31.8. The molecule has 0 amide bonds. The Bertz CT molecular complexity index is 741. The number of carbonyl (C=O) groups is 1. The summed E-state index contributed by atoms with van der Waals surface area (Å²) < 4.78 is 115. The first-order chi connectivity index (χ1) is 13.7. The van der Waals surface area contributed by atoms with Crippen molar-refractivity contribution in [2.24, 2.45) is 0 Å². The molecule has 1 atom stereocenters. The van der Waals surface area contributed by atoms with Crippen molar-refractivity contribution in [3.05, 3.63) is 16.8 Å². The van der Waals surface area contributed by atoms with Gasteiger partial charge in [-0.25, -0.2) is 21.6 Å². The van der Waals surface area contributed by atoms with Crippen molar-refractivity contribution >= 4 is 26.0 Å². The van der Waals surface area contributed by atoms with Gasteiger partial charge in [-0.1, -0.05) is 6.58 Å². The van der Waals surface area contributed by atoms with Gasteiger partial charge in [-0.3, -0.25) is 0 Å². The van der Waals surface area contributed by atoms with E-state index in [0.717, 1.165) is 34.3 Å². The third-order valence-corrected chi connectivity index (χ3v) is 6.72. The lowest BCUT2D eigenvalue weighted by Crippen LogP contribution is -2.52. The summed E-state index contributed by atoms with van der Waals surface area (Å²) in [6.07, 6.45) is 0.498. The molecule has 0 aliphatic carbocycles. The molecule has 0 bridgehead atoms. The molecular weight excluding hydrogens is 486 g/mol. The second kappa shape index (κ2) is 12.0. The van der Waals surface area contributed by atoms with Crippen LogP contribution in [0.2, 0.25) is 0 Å². The number of alkyl halides is 6. The van der Waals surface area contributed by atoms with E-state index in [1.807, 2.05) is 0 Å². The Morgan fingerprint density at radius 2 is 1.35 bits per heavy atom. The Labute approximate surface area is 176 Å². The van der Waals surface area contributed by atoms with Gasteiger partial charge >= 0.3 is 17.0 Å². The molecule has 0 fully saturated rings. The molecule has 0 heterocycles. The van der Waals surface area contributed by atoms with Crippen molar-refractivity contribution in [1.82, 2.24) is 0 Å². The fourth-order valence-corrected chi connectivity index (χ4v) is 3.72. The summed E-state index contributed by atoms with van der Waals surface area (Å²) in [6.45, 7) is 13.2. The number of aliphatic hydroxyl groups is 1. The molecule has 0 aromatic carbocycles. The number of hydrogen-bond acceptors (Lipinski definition) is 7. The van der Waals surface area contributed by atoms with Crippen molar-refractivity contribution < 1.29 is 62.3 Å². The second-order valence-corrected chi connectivity index (χ2v) is 9.30. The lowest BCUT2D eigenvalue weighted by Gasteiger charge is -2.37. The number of rotatable bonds is 10. The minimum Gasteiger partial charge on any atom is -0.460 e. The van der Waals surface area contributed by atoms with E-state index in [1.165, 1.54) is 0 Å². The summed E-state index contributed by atoms with van der Waals surface area (Å²) >= 11 is 0. The van der Waals surface area contributed by atoms with Crippen molar-refractivity contribution in [3.63, 3.8) is 0 Å². The highest BCUT2D eigenvalue weighted by Gasteiger charge is 2.46. The summed E-state index contributed by atoms with van der Waals surface area (Å²) in [4.78, 5) is 10.8. The van der Waals surface area contributed by atoms with Crippen LogP contribution >= 0.6 is 0 Å². The molecule has 17 heteroatoms. The van der Waals surface area contributed by atoms with Gasteiger partial charge < -0.3 is 18.5 Å². The van der Waals surface area contributed by atoms with Crippen LogP contribution < -0.4 is 0 Å². The molecule has 186 valence electrons. The predicted molar refractivity (Wildman–Crippen MR) is 97.2 cm³/mol. The second-order valence-electron chi connectivity index (χ2n) is 5.88. The van der Waals surface area contributed by atoms with Gasteiger partial charge in [0.25, 0.3) is 0 Å². The van der Waals surface area contributed by atoms with Crippen LogP contribution in [0.5, 0.6) is 0 Å². The molecule has 0 saturated carbocycles. The van der Waals surface area contributed by atoms with E-state index in [1.54, 1.807) is 0 Å². The van der Waals surface area contributed by atoms with Crippen LogP contribution in [0.1, 0.15) is 20.8 Å². The molecule has 0 rings (SSSR count). The van der Waals surface area contributed by atoms with Crippen LogP contribution in [0.3, 0.4) is 0 Å². The van der Waals surface area contributed by atoms with Crippen molar-refractivity contribution in [1.29, 1.82) is 0 Å². The monoisotopic (exact) mass is 510 g/mol. The number of likely N-dealkylation sites (N-methyl/N-ethyl adjacent to an activating group) is 1. The zero-order valence-corrected chi connectivity index (χ0v) is 18.4. The number of carbonyl (C=O) groups excluding carboxylic acids is 1. The molecule has 31 heavy (non-hydrogen) atoms. The van der Waals surface area contributed by atoms with Gasteiger partial charge in [-0.05, 0) is 20.8 Å². The Balaban J connectivity index is 0. The Kier molecular flexibility index (Phi) is 12.3. The highest BCUT2D eigenvalue weighted by molar-refractivity contribution is 8.13. The van der Waals surface area contributed by atoms with Crippen molar-refractivity contribution in [2.75, 3.05) is 32.8 Å². The third kappa shape index (κ3) is 10.6. The van der Waals surface area contributed by atoms with Crippen molar-refractivity contribution in [2.45, 2.75) is 37.9 Å². The molecule has 0 aliphatic heterocycles. The van der Waals surface area contributed by atoms with Gasteiger partial charge in [0.05, 0.1) is 19.6 Å². The quantitative estimate of drug-likeness (QED) is 0.206. The van der Waals surface area contributed by atoms with Crippen LogP contribution in [0, 0.1) is 0 Å². The van der Waals surface area contributed by atoms with Gasteiger partial charge in [0.15, 0.2) is 20.0 Å². The number of esters is 1. The fourth-order valence-electron chi connectivity index (χ4n) is 2.01. The summed E-state index contributed by atoms with van der Waals surface area (Å²) in [5, 5.41) is 9.80. The fraction of sp³-hybridized carbons (Fsp3) is 0.786. The Hall–Kier alpha value is -1.43. The highest BCUT2D eigenvalue weighted by Crippen LogP contribution is 2.36. The van der Waals surface area contributed by atoms with Gasteiger partial charge in [0.2, 0.25) is 0 Å². The number of quaternary nitrogens is 1. The summed E-state index contributed by atoms with van der Waals surface area (Å²) in [7, 11) is -13.4. The van der Waals surface area contributed by atoms with Crippen LogP contribution in [-0.4, -0.2) is 82.3 Å². The smallest absolute Gasteiger partial charge is 0.460 e.